The second kappa shape index (κ2) is 5.90. The van der Waals surface area contributed by atoms with E-state index in [4.69, 9.17) is 16.1 Å². The summed E-state index contributed by atoms with van der Waals surface area (Å²) in [5, 5.41) is 6.94. The molecule has 0 atom stereocenters. The van der Waals surface area contributed by atoms with Crippen LogP contribution in [0.3, 0.4) is 0 Å². The first-order valence-corrected chi connectivity index (χ1v) is 7.74. The number of halogens is 1. The lowest BCUT2D eigenvalue weighted by atomic mass is 10.1. The van der Waals surface area contributed by atoms with E-state index >= 15 is 0 Å². The van der Waals surface area contributed by atoms with Crippen LogP contribution in [0.15, 0.2) is 40.4 Å². The van der Waals surface area contributed by atoms with Gasteiger partial charge in [0.25, 0.3) is 5.91 Å². The number of anilines is 1. The predicted octanol–water partition coefficient (Wildman–Crippen LogP) is 4.04. The molecule has 0 spiro atoms. The first kappa shape index (κ1) is 14.7. The van der Waals surface area contributed by atoms with Crippen molar-refractivity contribution in [3.63, 3.8) is 0 Å². The molecule has 0 aliphatic heterocycles. The van der Waals surface area contributed by atoms with Crippen LogP contribution in [0.5, 0.6) is 0 Å². The van der Waals surface area contributed by atoms with Gasteiger partial charge in [0.05, 0.1) is 5.02 Å². The van der Waals surface area contributed by atoms with Crippen LogP contribution in [0.1, 0.15) is 16.1 Å². The van der Waals surface area contributed by atoms with E-state index in [0.717, 1.165) is 0 Å². The van der Waals surface area contributed by atoms with Gasteiger partial charge in [-0.3, -0.25) is 9.69 Å². The van der Waals surface area contributed by atoms with Crippen LogP contribution in [0, 0.1) is 6.92 Å². The fraction of sp³-hybridized carbons (Fsp3) is 0.133. The Kier molecular flexibility index (Phi) is 3.96. The van der Waals surface area contributed by atoms with Crippen LogP contribution in [0.25, 0.3) is 11.3 Å². The normalized spacial score (nSPS) is 10.7. The first-order valence-electron chi connectivity index (χ1n) is 6.48. The lowest BCUT2D eigenvalue weighted by molar-refractivity contribution is 0.0992. The third-order valence-corrected chi connectivity index (χ3v) is 4.39. The Morgan fingerprint density at radius 3 is 2.82 bits per heavy atom. The van der Waals surface area contributed by atoms with E-state index in [1.165, 1.54) is 16.2 Å². The summed E-state index contributed by atoms with van der Waals surface area (Å²) < 4.78 is 5.22. The number of carbonyl (C=O) groups is 1. The molecule has 0 unspecified atom stereocenters. The number of rotatable bonds is 3. The third-order valence-electron chi connectivity index (χ3n) is 3.22. The fourth-order valence-corrected chi connectivity index (χ4v) is 2.93. The molecule has 0 fully saturated rings. The minimum absolute atomic E-state index is 0.233. The van der Waals surface area contributed by atoms with Crippen LogP contribution < -0.4 is 4.90 Å². The zero-order valence-corrected chi connectivity index (χ0v) is 13.5. The van der Waals surface area contributed by atoms with E-state index in [2.05, 4.69) is 10.1 Å². The smallest absolute Gasteiger partial charge is 0.265 e. The average molecular weight is 334 g/mol. The van der Waals surface area contributed by atoms with Crippen LogP contribution in [-0.4, -0.2) is 23.1 Å². The molecular formula is C15H12ClN3O2S. The van der Waals surface area contributed by atoms with E-state index in [1.54, 1.807) is 32.3 Å². The van der Waals surface area contributed by atoms with Gasteiger partial charge in [-0.25, -0.2) is 4.98 Å². The summed E-state index contributed by atoms with van der Waals surface area (Å²) in [5.74, 6) is 0.215. The van der Waals surface area contributed by atoms with Crippen molar-refractivity contribution < 1.29 is 9.32 Å². The van der Waals surface area contributed by atoms with Gasteiger partial charge in [-0.05, 0) is 13.0 Å². The van der Waals surface area contributed by atoms with Gasteiger partial charge in [0.15, 0.2) is 5.13 Å². The van der Waals surface area contributed by atoms with Crippen LogP contribution in [0.2, 0.25) is 5.02 Å². The van der Waals surface area contributed by atoms with E-state index in [1.807, 2.05) is 17.5 Å². The first-order chi connectivity index (χ1) is 10.6. The fourth-order valence-electron chi connectivity index (χ4n) is 2.10. The maximum atomic E-state index is 12.8. The van der Waals surface area contributed by atoms with E-state index < -0.39 is 0 Å². The van der Waals surface area contributed by atoms with Gasteiger partial charge in [0.1, 0.15) is 17.0 Å². The van der Waals surface area contributed by atoms with Gasteiger partial charge < -0.3 is 4.52 Å². The molecule has 1 amide bonds. The molecule has 2 heterocycles. The second-order valence-corrected chi connectivity index (χ2v) is 5.90. The molecule has 0 aliphatic carbocycles. The molecular weight excluding hydrogens is 322 g/mol. The quantitative estimate of drug-likeness (QED) is 0.726. The molecule has 0 saturated heterocycles. The number of hydrogen-bond donors (Lipinski definition) is 0. The minimum Gasteiger partial charge on any atom is -0.360 e. The van der Waals surface area contributed by atoms with Crippen molar-refractivity contribution in [1.29, 1.82) is 0 Å². The van der Waals surface area contributed by atoms with E-state index in [-0.39, 0.29) is 5.91 Å². The Bertz CT molecular complexity index is 814. The van der Waals surface area contributed by atoms with Gasteiger partial charge in [-0.15, -0.1) is 11.3 Å². The minimum atomic E-state index is -0.233. The Balaban J connectivity index is 2.07. The SMILES string of the molecule is Cc1onc(-c2ccccc2Cl)c1C(=O)N(C)c1nccs1. The molecule has 0 N–H and O–H groups in total. The maximum absolute atomic E-state index is 12.8. The van der Waals surface area contributed by atoms with Crippen molar-refractivity contribution in [3.8, 4) is 11.3 Å². The standard InChI is InChI=1S/C15H12ClN3O2S/c1-9-12(14(20)19(2)15-17-7-8-22-15)13(18-21-9)10-5-3-4-6-11(10)16/h3-8H,1-2H3. The molecule has 0 radical (unpaired) electrons. The Morgan fingerprint density at radius 1 is 1.36 bits per heavy atom. The van der Waals surface area contributed by atoms with Gasteiger partial charge in [0, 0.05) is 24.2 Å². The number of aryl methyl sites for hydroxylation is 1. The van der Waals surface area contributed by atoms with Crippen molar-refractivity contribution in [2.75, 3.05) is 11.9 Å². The molecule has 7 heteroatoms. The van der Waals surface area contributed by atoms with Crippen LogP contribution in [0.4, 0.5) is 5.13 Å². The average Bonchev–Trinajstić information content (AvgIpc) is 3.16. The highest BCUT2D eigenvalue weighted by Gasteiger charge is 2.26. The highest BCUT2D eigenvalue weighted by Crippen LogP contribution is 2.32. The van der Waals surface area contributed by atoms with Crippen molar-refractivity contribution in [3.05, 3.63) is 52.2 Å². The molecule has 0 bridgehead atoms. The highest BCUT2D eigenvalue weighted by atomic mass is 35.5. The number of hydrogen-bond acceptors (Lipinski definition) is 5. The Labute approximate surface area is 136 Å². The van der Waals surface area contributed by atoms with Gasteiger partial charge in [-0.1, -0.05) is 35.0 Å². The Hall–Kier alpha value is -2.18. The molecule has 5 nitrogen and oxygen atoms in total. The second-order valence-electron chi connectivity index (χ2n) is 4.62. The maximum Gasteiger partial charge on any atom is 0.265 e. The molecule has 1 aromatic carbocycles. The lowest BCUT2D eigenvalue weighted by Gasteiger charge is -2.13. The summed E-state index contributed by atoms with van der Waals surface area (Å²) in [6.45, 7) is 1.70. The highest BCUT2D eigenvalue weighted by molar-refractivity contribution is 7.13. The molecule has 3 aromatic rings. The van der Waals surface area contributed by atoms with Crippen molar-refractivity contribution in [2.24, 2.45) is 0 Å². The van der Waals surface area contributed by atoms with Crippen molar-refractivity contribution in [1.82, 2.24) is 10.1 Å². The molecule has 22 heavy (non-hydrogen) atoms. The molecule has 3 rings (SSSR count). The number of nitrogens with zero attached hydrogens (tertiary/aromatic N) is 3. The number of thiazole rings is 1. The number of carbonyl (C=O) groups excluding carboxylic acids is 1. The van der Waals surface area contributed by atoms with Crippen LogP contribution >= 0.6 is 22.9 Å². The Morgan fingerprint density at radius 2 is 2.14 bits per heavy atom. The molecule has 0 saturated carbocycles. The summed E-state index contributed by atoms with van der Waals surface area (Å²) in [6.07, 6.45) is 1.65. The van der Waals surface area contributed by atoms with Crippen molar-refractivity contribution >= 4 is 34.0 Å². The van der Waals surface area contributed by atoms with E-state index in [9.17, 15) is 4.79 Å². The lowest BCUT2D eigenvalue weighted by Crippen LogP contribution is -2.26. The number of amides is 1. The summed E-state index contributed by atoms with van der Waals surface area (Å²) in [4.78, 5) is 18.4. The summed E-state index contributed by atoms with van der Waals surface area (Å²) >= 11 is 7.59. The summed E-state index contributed by atoms with van der Waals surface area (Å²) in [5.41, 5.74) is 1.50. The molecule has 112 valence electrons. The van der Waals surface area contributed by atoms with Gasteiger partial charge >= 0.3 is 0 Å². The number of aromatic nitrogens is 2. The predicted molar refractivity (Wildman–Crippen MR) is 86.5 cm³/mol. The topological polar surface area (TPSA) is 59.2 Å². The summed E-state index contributed by atoms with van der Waals surface area (Å²) in [7, 11) is 1.67. The van der Waals surface area contributed by atoms with Gasteiger partial charge in [-0.2, -0.15) is 0 Å². The van der Waals surface area contributed by atoms with Crippen LogP contribution in [-0.2, 0) is 0 Å². The zero-order chi connectivity index (χ0) is 15.7. The summed E-state index contributed by atoms with van der Waals surface area (Å²) in [6, 6.07) is 7.21. The third kappa shape index (κ3) is 2.51. The monoisotopic (exact) mass is 333 g/mol. The molecule has 0 aliphatic rings. The largest absolute Gasteiger partial charge is 0.360 e. The zero-order valence-electron chi connectivity index (χ0n) is 11.9. The number of benzene rings is 1. The molecule has 2 aromatic heterocycles. The van der Waals surface area contributed by atoms with E-state index in [0.29, 0.717) is 32.7 Å². The van der Waals surface area contributed by atoms with Crippen molar-refractivity contribution in [2.45, 2.75) is 6.92 Å². The van der Waals surface area contributed by atoms with Gasteiger partial charge in [0.2, 0.25) is 0 Å².